The highest BCUT2D eigenvalue weighted by molar-refractivity contribution is 6.32. The van der Waals surface area contributed by atoms with Crippen LogP contribution in [0, 0.1) is 0 Å². The zero-order valence-electron chi connectivity index (χ0n) is 15.3. The smallest absolute Gasteiger partial charge is 0.327 e. The van der Waals surface area contributed by atoms with Crippen molar-refractivity contribution in [3.63, 3.8) is 0 Å². The Morgan fingerprint density at radius 3 is 2.61 bits per heavy atom. The Morgan fingerprint density at radius 2 is 1.93 bits per heavy atom. The molecule has 2 aliphatic rings. The van der Waals surface area contributed by atoms with E-state index in [0.717, 1.165) is 37.6 Å². The van der Waals surface area contributed by atoms with Gasteiger partial charge in [0.25, 0.3) is 5.91 Å². The highest BCUT2D eigenvalue weighted by Crippen LogP contribution is 2.38. The fourth-order valence-electron chi connectivity index (χ4n) is 4.16. The summed E-state index contributed by atoms with van der Waals surface area (Å²) in [5.41, 5.74) is -0.629. The van der Waals surface area contributed by atoms with E-state index in [1.165, 1.54) is 17.0 Å². The number of aromatic nitrogens is 3. The van der Waals surface area contributed by atoms with Crippen LogP contribution in [0.2, 0.25) is 5.02 Å². The van der Waals surface area contributed by atoms with Gasteiger partial charge in [0.2, 0.25) is 5.82 Å². The van der Waals surface area contributed by atoms with E-state index in [4.69, 9.17) is 11.6 Å². The number of fused-ring (bicyclic) bond motifs is 1. The molecule has 1 amide bonds. The molecular formula is C19H20ClF3N4O. The maximum absolute atomic E-state index is 13.1. The van der Waals surface area contributed by atoms with Crippen LogP contribution in [0.4, 0.5) is 13.2 Å². The van der Waals surface area contributed by atoms with E-state index >= 15 is 0 Å². The third-order valence-electron chi connectivity index (χ3n) is 5.66. The first-order chi connectivity index (χ1) is 13.3. The highest BCUT2D eigenvalue weighted by Gasteiger charge is 2.37. The van der Waals surface area contributed by atoms with Crippen molar-refractivity contribution in [1.82, 2.24) is 19.7 Å². The number of hydrogen-bond donors (Lipinski definition) is 0. The van der Waals surface area contributed by atoms with Crippen LogP contribution >= 0.6 is 11.6 Å². The quantitative estimate of drug-likeness (QED) is 0.737. The molecular weight excluding hydrogens is 393 g/mol. The zero-order valence-corrected chi connectivity index (χ0v) is 16.1. The number of alkyl halides is 3. The van der Waals surface area contributed by atoms with Crippen molar-refractivity contribution in [1.29, 1.82) is 0 Å². The van der Waals surface area contributed by atoms with Crippen molar-refractivity contribution in [2.75, 3.05) is 0 Å². The minimum Gasteiger partial charge on any atom is -0.327 e. The molecule has 0 saturated heterocycles. The van der Waals surface area contributed by atoms with Gasteiger partial charge in [-0.1, -0.05) is 36.6 Å². The normalized spacial score (nSPS) is 20.7. The standard InChI is InChI=1S/C19H20ClF3N4O/c1-11-9-27-16(12-5-2-3-6-12)24-25-17(27)18(28)26(11)10-13-7-4-8-14(15(13)20)19(21,22)23/h4,7-8,11-12H,2-3,5-6,9-10H2,1H3. The van der Waals surface area contributed by atoms with Crippen LogP contribution in [0.5, 0.6) is 0 Å². The summed E-state index contributed by atoms with van der Waals surface area (Å²) >= 11 is 6.01. The second-order valence-electron chi connectivity index (χ2n) is 7.53. The summed E-state index contributed by atoms with van der Waals surface area (Å²) in [6, 6.07) is 3.56. The average Bonchev–Trinajstić information content (AvgIpc) is 3.28. The van der Waals surface area contributed by atoms with Crippen LogP contribution in [-0.4, -0.2) is 31.6 Å². The molecule has 0 radical (unpaired) electrons. The predicted molar refractivity (Wildman–Crippen MR) is 97.0 cm³/mol. The molecule has 1 fully saturated rings. The zero-order chi connectivity index (χ0) is 20.1. The maximum atomic E-state index is 13.1. The topological polar surface area (TPSA) is 51.0 Å². The Labute approximate surface area is 165 Å². The second-order valence-corrected chi connectivity index (χ2v) is 7.91. The lowest BCUT2D eigenvalue weighted by Crippen LogP contribution is -2.46. The lowest BCUT2D eigenvalue weighted by Gasteiger charge is -2.34. The lowest BCUT2D eigenvalue weighted by molar-refractivity contribution is -0.137. The molecule has 9 heteroatoms. The fraction of sp³-hybridized carbons (Fsp3) is 0.526. The summed E-state index contributed by atoms with van der Waals surface area (Å²) in [5.74, 6) is 1.10. The molecule has 4 rings (SSSR count). The van der Waals surface area contributed by atoms with Gasteiger partial charge >= 0.3 is 6.18 Å². The molecule has 150 valence electrons. The molecule has 1 aromatic carbocycles. The average molecular weight is 413 g/mol. The molecule has 1 aromatic heterocycles. The first-order valence-electron chi connectivity index (χ1n) is 9.36. The summed E-state index contributed by atoms with van der Waals surface area (Å²) in [7, 11) is 0. The van der Waals surface area contributed by atoms with Crippen LogP contribution in [0.25, 0.3) is 0 Å². The van der Waals surface area contributed by atoms with Gasteiger partial charge in [0.15, 0.2) is 0 Å². The Kier molecular flexibility index (Phi) is 4.85. The van der Waals surface area contributed by atoms with Gasteiger partial charge in [0.05, 0.1) is 10.6 Å². The van der Waals surface area contributed by atoms with Crippen molar-refractivity contribution < 1.29 is 18.0 Å². The minimum absolute atomic E-state index is 0.00558. The summed E-state index contributed by atoms with van der Waals surface area (Å²) < 4.78 is 41.2. The molecule has 0 spiro atoms. The molecule has 1 atom stereocenters. The van der Waals surface area contributed by atoms with Gasteiger partial charge < -0.3 is 9.47 Å². The van der Waals surface area contributed by atoms with Gasteiger partial charge in [-0.05, 0) is 31.4 Å². The first-order valence-corrected chi connectivity index (χ1v) is 9.74. The van der Waals surface area contributed by atoms with E-state index in [1.807, 2.05) is 11.5 Å². The Hall–Kier alpha value is -2.09. The van der Waals surface area contributed by atoms with Gasteiger partial charge in [-0.25, -0.2) is 0 Å². The number of rotatable bonds is 3. The van der Waals surface area contributed by atoms with Crippen LogP contribution in [0.3, 0.4) is 0 Å². The van der Waals surface area contributed by atoms with E-state index in [-0.39, 0.29) is 34.9 Å². The fourth-order valence-corrected chi connectivity index (χ4v) is 4.46. The number of halogens is 4. The molecule has 1 saturated carbocycles. The van der Waals surface area contributed by atoms with Gasteiger partial charge in [0, 0.05) is 25.0 Å². The van der Waals surface area contributed by atoms with E-state index in [2.05, 4.69) is 10.2 Å². The number of nitrogens with zero attached hydrogens (tertiary/aromatic N) is 4. The SMILES string of the molecule is CC1Cn2c(nnc2C2CCCC2)C(=O)N1Cc1cccc(C(F)(F)F)c1Cl. The monoisotopic (exact) mass is 412 g/mol. The van der Waals surface area contributed by atoms with Crippen LogP contribution in [-0.2, 0) is 19.3 Å². The van der Waals surface area contributed by atoms with Gasteiger partial charge in [-0.2, -0.15) is 13.2 Å². The summed E-state index contributed by atoms with van der Waals surface area (Å²) in [6.07, 6.45) is -0.150. The van der Waals surface area contributed by atoms with Gasteiger partial charge in [0.1, 0.15) is 5.82 Å². The highest BCUT2D eigenvalue weighted by atomic mass is 35.5. The van der Waals surface area contributed by atoms with Gasteiger partial charge in [-0.3, -0.25) is 4.79 Å². The largest absolute Gasteiger partial charge is 0.417 e. The molecule has 1 aliphatic carbocycles. The molecule has 5 nitrogen and oxygen atoms in total. The molecule has 2 aromatic rings. The lowest BCUT2D eigenvalue weighted by atomic mass is 10.1. The number of amides is 1. The Morgan fingerprint density at radius 1 is 1.21 bits per heavy atom. The van der Waals surface area contributed by atoms with E-state index in [9.17, 15) is 18.0 Å². The van der Waals surface area contributed by atoms with Crippen LogP contribution in [0.1, 0.15) is 66.1 Å². The van der Waals surface area contributed by atoms with E-state index < -0.39 is 11.7 Å². The first kappa shape index (κ1) is 19.2. The van der Waals surface area contributed by atoms with Crippen molar-refractivity contribution in [3.8, 4) is 0 Å². The second kappa shape index (κ2) is 7.06. The number of benzene rings is 1. The molecule has 28 heavy (non-hydrogen) atoms. The predicted octanol–water partition coefficient (Wildman–Crippen LogP) is 4.65. The Bertz CT molecular complexity index is 905. The van der Waals surface area contributed by atoms with Crippen molar-refractivity contribution in [2.45, 2.75) is 63.8 Å². The number of carbonyl (C=O) groups excluding carboxylic acids is 1. The molecule has 1 aliphatic heterocycles. The van der Waals surface area contributed by atoms with Crippen molar-refractivity contribution in [3.05, 3.63) is 46.0 Å². The number of hydrogen-bond acceptors (Lipinski definition) is 3. The van der Waals surface area contributed by atoms with E-state index in [0.29, 0.717) is 12.5 Å². The van der Waals surface area contributed by atoms with Gasteiger partial charge in [-0.15, -0.1) is 10.2 Å². The third-order valence-corrected chi connectivity index (χ3v) is 6.10. The minimum atomic E-state index is -4.54. The van der Waals surface area contributed by atoms with Crippen molar-refractivity contribution >= 4 is 17.5 Å². The summed E-state index contributed by atoms with van der Waals surface area (Å²) in [4.78, 5) is 14.5. The molecule has 0 bridgehead atoms. The molecule has 0 N–H and O–H groups in total. The molecule has 2 heterocycles. The summed E-state index contributed by atoms with van der Waals surface area (Å²) in [5, 5.41) is 7.99. The Balaban J connectivity index is 1.62. The van der Waals surface area contributed by atoms with Crippen LogP contribution in [0.15, 0.2) is 18.2 Å². The third kappa shape index (κ3) is 3.27. The summed E-state index contributed by atoms with van der Waals surface area (Å²) in [6.45, 7) is 2.39. The number of carbonyl (C=O) groups is 1. The molecule has 1 unspecified atom stereocenters. The van der Waals surface area contributed by atoms with Crippen molar-refractivity contribution in [2.24, 2.45) is 0 Å². The maximum Gasteiger partial charge on any atom is 0.417 e. The van der Waals surface area contributed by atoms with E-state index in [1.54, 1.807) is 0 Å². The van der Waals surface area contributed by atoms with Crippen LogP contribution < -0.4 is 0 Å².